The predicted octanol–water partition coefficient (Wildman–Crippen LogP) is 1.65. The minimum absolute atomic E-state index is 0.216. The maximum Gasteiger partial charge on any atom is 0.409 e. The molecule has 1 aliphatic heterocycles. The molecule has 1 heterocycles. The zero-order valence-electron chi connectivity index (χ0n) is 13.1. The molecule has 122 valence electrons. The van der Waals surface area contributed by atoms with Crippen LogP contribution in [0.1, 0.15) is 32.6 Å². The van der Waals surface area contributed by atoms with Crippen LogP contribution < -0.4 is 11.1 Å². The van der Waals surface area contributed by atoms with Gasteiger partial charge in [-0.05, 0) is 44.6 Å². The van der Waals surface area contributed by atoms with Crippen LogP contribution in [0.15, 0.2) is 4.99 Å². The predicted molar refractivity (Wildman–Crippen MR) is 88.9 cm³/mol. The fraction of sp³-hybridized carbons (Fsp3) is 0.857. The van der Waals surface area contributed by atoms with Crippen molar-refractivity contribution in [3.63, 3.8) is 0 Å². The van der Waals surface area contributed by atoms with Gasteiger partial charge in [0.15, 0.2) is 5.96 Å². The number of aliphatic imine (C=N–C) groups is 1. The highest BCUT2D eigenvalue weighted by atomic mass is 32.2. The molecule has 0 radical (unpaired) electrons. The first kappa shape index (κ1) is 17.9. The summed E-state index contributed by atoms with van der Waals surface area (Å²) in [6.07, 6.45) is 5.90. The number of carbonyl (C=O) groups is 1. The monoisotopic (exact) mass is 316 g/mol. The van der Waals surface area contributed by atoms with E-state index in [0.29, 0.717) is 31.7 Å². The van der Waals surface area contributed by atoms with Crippen molar-refractivity contribution in [2.45, 2.75) is 38.6 Å². The molecular weight excluding hydrogens is 288 g/mol. The van der Waals surface area contributed by atoms with Crippen molar-refractivity contribution >= 4 is 23.8 Å². The molecule has 0 atom stereocenters. The van der Waals surface area contributed by atoms with E-state index in [9.17, 15) is 4.79 Å². The van der Waals surface area contributed by atoms with Gasteiger partial charge in [-0.3, -0.25) is 4.99 Å². The van der Waals surface area contributed by atoms with E-state index < -0.39 is 0 Å². The number of guanidine groups is 1. The van der Waals surface area contributed by atoms with Crippen LogP contribution >= 0.6 is 11.8 Å². The summed E-state index contributed by atoms with van der Waals surface area (Å²) in [6, 6.07) is 0.297. The van der Waals surface area contributed by atoms with Crippen molar-refractivity contribution in [3.05, 3.63) is 0 Å². The summed E-state index contributed by atoms with van der Waals surface area (Å²) < 4.78 is 5.00. The molecule has 0 aromatic rings. The van der Waals surface area contributed by atoms with E-state index in [0.717, 1.165) is 25.8 Å². The number of thioether (sulfide) groups is 1. The van der Waals surface area contributed by atoms with Gasteiger partial charge in [0.25, 0.3) is 0 Å². The normalized spacial score (nSPS) is 16.9. The molecule has 1 fully saturated rings. The van der Waals surface area contributed by atoms with Crippen molar-refractivity contribution in [1.29, 1.82) is 0 Å². The number of nitrogens with two attached hydrogens (primary N) is 1. The van der Waals surface area contributed by atoms with Crippen LogP contribution in [0.2, 0.25) is 0 Å². The highest BCUT2D eigenvalue weighted by molar-refractivity contribution is 7.98. The zero-order valence-corrected chi connectivity index (χ0v) is 14.0. The van der Waals surface area contributed by atoms with Gasteiger partial charge in [-0.25, -0.2) is 4.79 Å². The topological polar surface area (TPSA) is 80.0 Å². The fourth-order valence-electron chi connectivity index (χ4n) is 2.23. The molecule has 1 rings (SSSR count). The Bertz CT molecular complexity index is 331. The second-order valence-electron chi connectivity index (χ2n) is 5.07. The van der Waals surface area contributed by atoms with Crippen LogP contribution in [0, 0.1) is 0 Å². The molecule has 6 nitrogen and oxygen atoms in total. The Morgan fingerprint density at radius 3 is 2.76 bits per heavy atom. The molecular formula is C14H28N4O2S. The first-order valence-corrected chi connectivity index (χ1v) is 9.03. The molecule has 0 bridgehead atoms. The van der Waals surface area contributed by atoms with E-state index in [4.69, 9.17) is 10.5 Å². The summed E-state index contributed by atoms with van der Waals surface area (Å²) in [5.74, 6) is 1.70. The van der Waals surface area contributed by atoms with Crippen molar-refractivity contribution in [2.75, 3.05) is 38.2 Å². The lowest BCUT2D eigenvalue weighted by molar-refractivity contribution is 0.0963. The first-order valence-electron chi connectivity index (χ1n) is 7.64. The fourth-order valence-corrected chi connectivity index (χ4v) is 2.73. The van der Waals surface area contributed by atoms with Crippen molar-refractivity contribution in [2.24, 2.45) is 10.7 Å². The molecule has 1 amide bonds. The maximum absolute atomic E-state index is 11.6. The summed E-state index contributed by atoms with van der Waals surface area (Å²) >= 11 is 1.86. The number of hydrogen-bond donors (Lipinski definition) is 2. The summed E-state index contributed by atoms with van der Waals surface area (Å²) in [6.45, 7) is 4.44. The number of nitrogens with one attached hydrogen (secondary N) is 1. The zero-order chi connectivity index (χ0) is 15.5. The Labute approximate surface area is 131 Å². The second kappa shape index (κ2) is 10.6. The largest absolute Gasteiger partial charge is 0.450 e. The lowest BCUT2D eigenvalue weighted by atomic mass is 10.1. The number of hydrogen-bond acceptors (Lipinski definition) is 4. The summed E-state index contributed by atoms with van der Waals surface area (Å²) in [4.78, 5) is 17.7. The molecule has 1 saturated heterocycles. The number of carbonyl (C=O) groups excluding carboxylic acids is 1. The smallest absolute Gasteiger partial charge is 0.409 e. The third-order valence-electron chi connectivity index (χ3n) is 3.41. The molecule has 3 N–H and O–H groups in total. The molecule has 21 heavy (non-hydrogen) atoms. The van der Waals surface area contributed by atoms with Crippen LogP contribution in [0.25, 0.3) is 0 Å². The Hall–Kier alpha value is -1.11. The van der Waals surface area contributed by atoms with E-state index >= 15 is 0 Å². The van der Waals surface area contributed by atoms with Crippen LogP contribution in [0.5, 0.6) is 0 Å². The average Bonchev–Trinajstić information content (AvgIpc) is 2.48. The number of likely N-dealkylation sites (tertiary alicyclic amines) is 1. The number of rotatable bonds is 7. The van der Waals surface area contributed by atoms with Crippen molar-refractivity contribution < 1.29 is 9.53 Å². The molecule has 0 aromatic carbocycles. The van der Waals surface area contributed by atoms with Gasteiger partial charge in [0, 0.05) is 25.7 Å². The number of nitrogens with zero attached hydrogens (tertiary/aromatic N) is 2. The molecule has 0 aromatic heterocycles. The van der Waals surface area contributed by atoms with Crippen LogP contribution in [-0.4, -0.2) is 61.2 Å². The number of amides is 1. The van der Waals surface area contributed by atoms with Crippen LogP contribution in [0.4, 0.5) is 4.79 Å². The van der Waals surface area contributed by atoms with Gasteiger partial charge in [-0.2, -0.15) is 11.8 Å². The van der Waals surface area contributed by atoms with Gasteiger partial charge in [-0.15, -0.1) is 0 Å². The summed E-state index contributed by atoms with van der Waals surface area (Å²) in [5, 5.41) is 3.24. The Morgan fingerprint density at radius 2 is 2.14 bits per heavy atom. The molecule has 0 saturated carbocycles. The van der Waals surface area contributed by atoms with E-state index in [1.165, 1.54) is 12.2 Å². The second-order valence-corrected chi connectivity index (χ2v) is 6.06. The van der Waals surface area contributed by atoms with Crippen LogP contribution in [0.3, 0.4) is 0 Å². The van der Waals surface area contributed by atoms with Crippen molar-refractivity contribution in [1.82, 2.24) is 10.2 Å². The Morgan fingerprint density at radius 1 is 1.43 bits per heavy atom. The maximum atomic E-state index is 11.6. The molecule has 0 spiro atoms. The average molecular weight is 316 g/mol. The van der Waals surface area contributed by atoms with Gasteiger partial charge in [0.05, 0.1) is 6.61 Å². The minimum atomic E-state index is -0.216. The molecule has 1 aliphatic rings. The molecule has 0 aliphatic carbocycles. The lowest BCUT2D eigenvalue weighted by Crippen LogP contribution is -2.48. The first-order chi connectivity index (χ1) is 10.2. The third kappa shape index (κ3) is 7.45. The SMILES string of the molecule is CCOC(=O)N1CCC(NC(N)=NCCCCSC)CC1. The number of ether oxygens (including phenoxy) is 1. The van der Waals surface area contributed by atoms with Gasteiger partial charge in [0.1, 0.15) is 0 Å². The van der Waals surface area contributed by atoms with Crippen molar-refractivity contribution in [3.8, 4) is 0 Å². The summed E-state index contributed by atoms with van der Waals surface area (Å²) in [7, 11) is 0. The summed E-state index contributed by atoms with van der Waals surface area (Å²) in [5.41, 5.74) is 5.89. The Kier molecular flexibility index (Phi) is 9.05. The minimum Gasteiger partial charge on any atom is -0.450 e. The van der Waals surface area contributed by atoms with Gasteiger partial charge < -0.3 is 20.7 Å². The third-order valence-corrected chi connectivity index (χ3v) is 4.11. The van der Waals surface area contributed by atoms with Gasteiger partial charge in [0.2, 0.25) is 0 Å². The van der Waals surface area contributed by atoms with Gasteiger partial charge >= 0.3 is 6.09 Å². The van der Waals surface area contributed by atoms with E-state index in [2.05, 4.69) is 16.6 Å². The van der Waals surface area contributed by atoms with E-state index in [-0.39, 0.29) is 6.09 Å². The quantitative estimate of drug-likeness (QED) is 0.424. The Balaban J connectivity index is 2.19. The van der Waals surface area contributed by atoms with Gasteiger partial charge in [-0.1, -0.05) is 0 Å². The van der Waals surface area contributed by atoms with E-state index in [1.54, 1.807) is 4.90 Å². The lowest BCUT2D eigenvalue weighted by Gasteiger charge is -2.31. The standard InChI is InChI=1S/C14H28N4O2S/c1-3-20-14(19)18-9-6-12(7-10-18)17-13(15)16-8-4-5-11-21-2/h12H,3-11H2,1-2H3,(H3,15,16,17). The van der Waals surface area contributed by atoms with E-state index in [1.807, 2.05) is 18.7 Å². The highest BCUT2D eigenvalue weighted by Gasteiger charge is 2.23. The molecule has 7 heteroatoms. The van der Waals surface area contributed by atoms with Crippen LogP contribution in [-0.2, 0) is 4.74 Å². The number of piperidine rings is 1. The number of unbranched alkanes of at least 4 members (excludes halogenated alkanes) is 1. The highest BCUT2D eigenvalue weighted by Crippen LogP contribution is 2.11. The molecule has 0 unspecified atom stereocenters.